The van der Waals surface area contributed by atoms with Crippen LogP contribution in [0.2, 0.25) is 10.0 Å². The lowest BCUT2D eigenvalue weighted by Gasteiger charge is -1.98. The molecule has 0 bridgehead atoms. The smallest absolute Gasteiger partial charge is 0.377 e. The third kappa shape index (κ3) is 2.80. The molecule has 18 heavy (non-hydrogen) atoms. The van der Waals surface area contributed by atoms with Crippen molar-refractivity contribution in [3.05, 3.63) is 34.1 Å². The van der Waals surface area contributed by atoms with Gasteiger partial charge in [0, 0.05) is 5.56 Å². The van der Waals surface area contributed by atoms with Crippen LogP contribution in [0.4, 0.5) is 0 Å². The van der Waals surface area contributed by atoms with E-state index < -0.39 is 5.97 Å². The molecular weight excluding hydrogens is 295 g/mol. The van der Waals surface area contributed by atoms with Gasteiger partial charge in [-0.15, -0.1) is 0 Å². The zero-order valence-corrected chi connectivity index (χ0v) is 11.6. The Morgan fingerprint density at radius 2 is 2.17 bits per heavy atom. The van der Waals surface area contributed by atoms with Gasteiger partial charge in [-0.05, 0) is 30.6 Å². The van der Waals surface area contributed by atoms with Gasteiger partial charge in [-0.3, -0.25) is 0 Å². The van der Waals surface area contributed by atoms with Crippen molar-refractivity contribution in [1.82, 2.24) is 9.36 Å². The third-order valence-electron chi connectivity index (χ3n) is 2.05. The zero-order valence-electron chi connectivity index (χ0n) is 9.31. The lowest BCUT2D eigenvalue weighted by Crippen LogP contribution is -2.06. The molecule has 0 atom stereocenters. The van der Waals surface area contributed by atoms with E-state index in [9.17, 15) is 4.79 Å². The fourth-order valence-corrected chi connectivity index (χ4v) is 2.19. The highest BCUT2D eigenvalue weighted by Crippen LogP contribution is 2.29. The normalized spacial score (nSPS) is 10.4. The number of aromatic nitrogens is 2. The van der Waals surface area contributed by atoms with Crippen molar-refractivity contribution in [1.29, 1.82) is 0 Å². The van der Waals surface area contributed by atoms with E-state index in [0.29, 0.717) is 21.7 Å². The summed E-state index contributed by atoms with van der Waals surface area (Å²) in [5.74, 6) is -0.469. The van der Waals surface area contributed by atoms with Gasteiger partial charge >= 0.3 is 5.97 Å². The first-order chi connectivity index (χ1) is 8.61. The third-order valence-corrected chi connectivity index (χ3v) is 3.55. The summed E-state index contributed by atoms with van der Waals surface area (Å²) in [7, 11) is 0. The predicted octanol–water partition coefficient (Wildman–Crippen LogP) is 3.69. The van der Waals surface area contributed by atoms with Crippen LogP contribution in [-0.4, -0.2) is 21.9 Å². The Morgan fingerprint density at radius 1 is 1.39 bits per heavy atom. The van der Waals surface area contributed by atoms with Crippen molar-refractivity contribution in [3.63, 3.8) is 0 Å². The molecule has 0 aliphatic carbocycles. The van der Waals surface area contributed by atoms with E-state index in [4.69, 9.17) is 27.9 Å². The molecule has 1 heterocycles. The minimum Gasteiger partial charge on any atom is -0.460 e. The molecule has 0 N–H and O–H groups in total. The van der Waals surface area contributed by atoms with E-state index in [1.807, 2.05) is 0 Å². The van der Waals surface area contributed by atoms with Gasteiger partial charge in [-0.25, -0.2) is 9.78 Å². The van der Waals surface area contributed by atoms with Gasteiger partial charge in [0.05, 0.1) is 16.7 Å². The Morgan fingerprint density at radius 3 is 2.83 bits per heavy atom. The summed E-state index contributed by atoms with van der Waals surface area (Å²) in [4.78, 5) is 15.5. The van der Waals surface area contributed by atoms with Crippen LogP contribution in [0.25, 0.3) is 10.6 Å². The van der Waals surface area contributed by atoms with Crippen molar-refractivity contribution in [2.24, 2.45) is 0 Å². The van der Waals surface area contributed by atoms with E-state index in [-0.39, 0.29) is 5.82 Å². The van der Waals surface area contributed by atoms with Crippen molar-refractivity contribution in [2.75, 3.05) is 6.61 Å². The number of carbonyl (C=O) groups is 1. The number of esters is 1. The molecule has 2 aromatic rings. The maximum atomic E-state index is 11.4. The lowest BCUT2D eigenvalue weighted by molar-refractivity contribution is 0.0514. The van der Waals surface area contributed by atoms with Crippen molar-refractivity contribution < 1.29 is 9.53 Å². The molecule has 1 aromatic carbocycles. The minimum absolute atomic E-state index is 0.0583. The van der Waals surface area contributed by atoms with Gasteiger partial charge < -0.3 is 4.74 Å². The van der Waals surface area contributed by atoms with Gasteiger partial charge in [0.25, 0.3) is 5.82 Å². The Labute approximate surface area is 118 Å². The van der Waals surface area contributed by atoms with Gasteiger partial charge in [0.2, 0.25) is 0 Å². The fourth-order valence-electron chi connectivity index (χ4n) is 1.25. The first kappa shape index (κ1) is 13.3. The molecule has 0 saturated carbocycles. The van der Waals surface area contributed by atoms with Gasteiger partial charge in [0.15, 0.2) is 0 Å². The van der Waals surface area contributed by atoms with Crippen molar-refractivity contribution in [3.8, 4) is 10.6 Å². The number of hydrogen-bond acceptors (Lipinski definition) is 5. The summed E-state index contributed by atoms with van der Waals surface area (Å²) in [6.45, 7) is 2.02. The second kappa shape index (κ2) is 5.65. The lowest BCUT2D eigenvalue weighted by atomic mass is 10.2. The molecule has 0 aliphatic rings. The molecule has 0 amide bonds. The summed E-state index contributed by atoms with van der Waals surface area (Å²) in [5.41, 5.74) is 0.762. The van der Waals surface area contributed by atoms with E-state index in [1.54, 1.807) is 25.1 Å². The van der Waals surface area contributed by atoms with Crippen molar-refractivity contribution in [2.45, 2.75) is 6.92 Å². The van der Waals surface area contributed by atoms with Crippen LogP contribution in [0.1, 0.15) is 17.5 Å². The summed E-state index contributed by atoms with van der Waals surface area (Å²) in [6.07, 6.45) is 0. The minimum atomic E-state index is -0.528. The summed E-state index contributed by atoms with van der Waals surface area (Å²) in [5, 5.41) is 1.49. The second-order valence-corrected chi connectivity index (χ2v) is 4.84. The average molecular weight is 303 g/mol. The maximum Gasteiger partial charge on any atom is 0.377 e. The van der Waals surface area contributed by atoms with Crippen LogP contribution in [0.5, 0.6) is 0 Å². The molecule has 4 nitrogen and oxygen atoms in total. The molecule has 0 spiro atoms. The molecular formula is C11H8Cl2N2O2S. The van der Waals surface area contributed by atoms with Crippen LogP contribution < -0.4 is 0 Å². The van der Waals surface area contributed by atoms with Gasteiger partial charge in [-0.1, -0.05) is 29.3 Å². The van der Waals surface area contributed by atoms with E-state index in [0.717, 1.165) is 17.1 Å². The molecule has 94 valence electrons. The largest absolute Gasteiger partial charge is 0.460 e. The Balaban J connectivity index is 2.29. The topological polar surface area (TPSA) is 52.1 Å². The first-order valence-electron chi connectivity index (χ1n) is 5.08. The number of benzene rings is 1. The molecule has 0 radical (unpaired) electrons. The van der Waals surface area contributed by atoms with Crippen LogP contribution in [0.15, 0.2) is 18.2 Å². The fraction of sp³-hybridized carbons (Fsp3) is 0.182. The molecule has 0 fully saturated rings. The number of hydrogen-bond donors (Lipinski definition) is 0. The molecule has 1 aromatic heterocycles. The highest BCUT2D eigenvalue weighted by Gasteiger charge is 2.15. The monoisotopic (exact) mass is 302 g/mol. The zero-order chi connectivity index (χ0) is 13.1. The Kier molecular flexibility index (Phi) is 4.16. The second-order valence-electron chi connectivity index (χ2n) is 3.27. The van der Waals surface area contributed by atoms with Gasteiger partial charge in [-0.2, -0.15) is 4.37 Å². The van der Waals surface area contributed by atoms with Crippen molar-refractivity contribution >= 4 is 40.7 Å². The van der Waals surface area contributed by atoms with Gasteiger partial charge in [0.1, 0.15) is 5.01 Å². The average Bonchev–Trinajstić information content (AvgIpc) is 2.82. The Bertz CT molecular complexity index is 586. The van der Waals surface area contributed by atoms with E-state index >= 15 is 0 Å². The first-order valence-corrected chi connectivity index (χ1v) is 6.61. The quantitative estimate of drug-likeness (QED) is 0.811. The Hall–Kier alpha value is -1.17. The van der Waals surface area contributed by atoms with Crippen LogP contribution >= 0.6 is 34.7 Å². The van der Waals surface area contributed by atoms with Crippen LogP contribution in [0, 0.1) is 0 Å². The summed E-state index contributed by atoms with van der Waals surface area (Å²) >= 11 is 12.8. The van der Waals surface area contributed by atoms with Crippen LogP contribution in [0.3, 0.4) is 0 Å². The molecule has 2 rings (SSSR count). The molecule has 0 unspecified atom stereocenters. The number of rotatable bonds is 3. The number of halogens is 2. The summed E-state index contributed by atoms with van der Waals surface area (Å²) in [6, 6.07) is 5.12. The molecule has 7 heteroatoms. The van der Waals surface area contributed by atoms with Crippen LogP contribution in [-0.2, 0) is 4.74 Å². The van der Waals surface area contributed by atoms with E-state index in [2.05, 4.69) is 9.36 Å². The maximum absolute atomic E-state index is 11.4. The standard InChI is InChI=1S/C11H8Cl2N2O2S/c1-2-17-11(16)9-14-10(18-15-9)6-3-4-7(12)8(13)5-6/h3-5H,2H2,1H3. The molecule has 0 saturated heterocycles. The van der Waals surface area contributed by atoms with E-state index in [1.165, 1.54) is 0 Å². The number of carbonyl (C=O) groups excluding carboxylic acids is 1. The predicted molar refractivity (Wildman–Crippen MR) is 71.3 cm³/mol. The summed E-state index contributed by atoms with van der Waals surface area (Å²) < 4.78 is 8.76. The SMILES string of the molecule is CCOC(=O)c1nsc(-c2ccc(Cl)c(Cl)c2)n1. The highest BCUT2D eigenvalue weighted by molar-refractivity contribution is 7.09. The highest BCUT2D eigenvalue weighted by atomic mass is 35.5. The molecule has 0 aliphatic heterocycles. The number of ether oxygens (including phenoxy) is 1. The number of nitrogens with zero attached hydrogens (tertiary/aromatic N) is 2.